The largest absolute Gasteiger partial charge is 0.478 e. The zero-order chi connectivity index (χ0) is 19.9. The average molecular weight is 374 g/mol. The summed E-state index contributed by atoms with van der Waals surface area (Å²) in [6, 6.07) is 3.00. The van der Waals surface area contributed by atoms with Crippen molar-refractivity contribution < 1.29 is 38.5 Å². The smallest absolute Gasteiger partial charge is 0.353 e. The van der Waals surface area contributed by atoms with Crippen LogP contribution in [0.1, 0.15) is 36.2 Å². The molecule has 0 aromatic heterocycles. The number of carboxylic acids is 1. The van der Waals surface area contributed by atoms with Gasteiger partial charge in [-0.3, -0.25) is 14.4 Å². The van der Waals surface area contributed by atoms with E-state index in [2.05, 4.69) is 0 Å². The van der Waals surface area contributed by atoms with Crippen molar-refractivity contribution in [2.24, 2.45) is 5.92 Å². The summed E-state index contributed by atoms with van der Waals surface area (Å²) >= 11 is 0. The van der Waals surface area contributed by atoms with Crippen LogP contribution in [0.3, 0.4) is 0 Å². The van der Waals surface area contributed by atoms with Gasteiger partial charge in [0.1, 0.15) is 17.1 Å². The number of carbonyl (C=O) groups excluding carboxylic acids is 3. The van der Waals surface area contributed by atoms with E-state index < -0.39 is 41.3 Å². The summed E-state index contributed by atoms with van der Waals surface area (Å²) < 4.78 is 16.1. The van der Waals surface area contributed by atoms with Gasteiger partial charge in [0, 0.05) is 13.8 Å². The second-order valence-corrected chi connectivity index (χ2v) is 6.54. The number of aryl methyl sites for hydroxylation is 1. The summed E-state index contributed by atoms with van der Waals surface area (Å²) in [5, 5.41) is 9.95. The molecular formula is C19H18O8. The molecule has 1 aliphatic carbocycles. The first-order valence-corrected chi connectivity index (χ1v) is 8.30. The van der Waals surface area contributed by atoms with Gasteiger partial charge in [0.15, 0.2) is 11.9 Å². The maximum Gasteiger partial charge on any atom is 0.353 e. The predicted octanol–water partition coefficient (Wildman–Crippen LogP) is 1.83. The van der Waals surface area contributed by atoms with Crippen molar-refractivity contribution in [3.63, 3.8) is 0 Å². The molecule has 1 aliphatic heterocycles. The van der Waals surface area contributed by atoms with Crippen molar-refractivity contribution in [1.29, 1.82) is 0 Å². The van der Waals surface area contributed by atoms with Crippen LogP contribution < -0.4 is 9.47 Å². The number of aliphatic carboxylic acids is 1. The van der Waals surface area contributed by atoms with Crippen LogP contribution in [0.4, 0.5) is 0 Å². The molecular weight excluding hydrogens is 356 g/mol. The highest BCUT2D eigenvalue weighted by Crippen LogP contribution is 2.47. The Morgan fingerprint density at radius 3 is 2.52 bits per heavy atom. The van der Waals surface area contributed by atoms with Crippen LogP contribution in [-0.4, -0.2) is 40.5 Å². The third-order valence-electron chi connectivity index (χ3n) is 4.56. The lowest BCUT2D eigenvalue weighted by Crippen LogP contribution is -2.65. The number of rotatable bonds is 3. The summed E-state index contributed by atoms with van der Waals surface area (Å²) in [7, 11) is 0. The lowest BCUT2D eigenvalue weighted by atomic mass is 9.70. The van der Waals surface area contributed by atoms with Gasteiger partial charge < -0.3 is 19.3 Å². The Labute approximate surface area is 154 Å². The Morgan fingerprint density at radius 1 is 1.22 bits per heavy atom. The number of ether oxygens (including phenoxy) is 3. The molecule has 27 heavy (non-hydrogen) atoms. The second-order valence-electron chi connectivity index (χ2n) is 6.54. The van der Waals surface area contributed by atoms with E-state index in [9.17, 15) is 24.3 Å². The molecule has 8 heteroatoms. The topological polar surface area (TPSA) is 116 Å². The monoisotopic (exact) mass is 374 g/mol. The molecule has 3 rings (SSSR count). The number of fused-ring (bicyclic) bond motifs is 2. The van der Waals surface area contributed by atoms with Crippen LogP contribution in [0, 0.1) is 12.8 Å². The number of hydrogen-bond acceptors (Lipinski definition) is 7. The minimum Gasteiger partial charge on any atom is -0.478 e. The van der Waals surface area contributed by atoms with E-state index in [1.807, 2.05) is 0 Å². The van der Waals surface area contributed by atoms with Crippen LogP contribution >= 0.6 is 0 Å². The fourth-order valence-corrected chi connectivity index (χ4v) is 3.54. The number of carboxylic acid groups (broad SMARTS) is 1. The minimum atomic E-state index is -2.09. The molecule has 0 amide bonds. The van der Waals surface area contributed by atoms with Crippen molar-refractivity contribution >= 4 is 23.7 Å². The second kappa shape index (κ2) is 6.53. The van der Waals surface area contributed by atoms with Crippen molar-refractivity contribution in [2.45, 2.75) is 38.9 Å². The molecule has 0 spiro atoms. The quantitative estimate of drug-likeness (QED) is 0.484. The van der Waals surface area contributed by atoms with Crippen LogP contribution in [0.2, 0.25) is 0 Å². The van der Waals surface area contributed by atoms with E-state index in [0.29, 0.717) is 5.56 Å². The molecule has 0 radical (unpaired) electrons. The molecule has 1 N–H and O–H groups in total. The van der Waals surface area contributed by atoms with E-state index >= 15 is 0 Å². The van der Waals surface area contributed by atoms with Gasteiger partial charge in [0.25, 0.3) is 5.60 Å². The van der Waals surface area contributed by atoms with Crippen LogP contribution in [-0.2, 0) is 19.1 Å². The summed E-state index contributed by atoms with van der Waals surface area (Å²) in [6.07, 6.45) is 1.79. The maximum atomic E-state index is 13.2. The zero-order valence-electron chi connectivity index (χ0n) is 15.0. The number of ketones is 1. The molecule has 3 atom stereocenters. The Kier molecular flexibility index (Phi) is 4.51. The number of carbonyl (C=O) groups is 4. The highest BCUT2D eigenvalue weighted by atomic mass is 16.6. The van der Waals surface area contributed by atoms with E-state index in [-0.39, 0.29) is 23.5 Å². The van der Waals surface area contributed by atoms with Crippen LogP contribution in [0.25, 0.3) is 0 Å². The number of Topliss-reactive ketones (excluding diaryl/α,β-unsaturated/α-hetero) is 1. The SMILES string of the molecule is CC(=O)Oc1cc(C)cc2c1C(=O)C1CC=C[C@@H](OC(C)=O)[C@@]1(C(=O)O)O2. The van der Waals surface area contributed by atoms with E-state index in [1.54, 1.807) is 13.0 Å². The Bertz CT molecular complexity index is 884. The molecule has 0 saturated carbocycles. The van der Waals surface area contributed by atoms with Gasteiger partial charge in [-0.25, -0.2) is 4.79 Å². The van der Waals surface area contributed by atoms with E-state index in [0.717, 1.165) is 6.92 Å². The molecule has 1 aromatic rings. The van der Waals surface area contributed by atoms with Crippen LogP contribution in [0.15, 0.2) is 24.3 Å². The van der Waals surface area contributed by atoms with Crippen molar-refractivity contribution in [1.82, 2.24) is 0 Å². The first kappa shape index (κ1) is 18.6. The van der Waals surface area contributed by atoms with Gasteiger partial charge in [-0.1, -0.05) is 6.08 Å². The lowest BCUT2D eigenvalue weighted by molar-refractivity contribution is -0.180. The van der Waals surface area contributed by atoms with Gasteiger partial charge in [-0.2, -0.15) is 0 Å². The summed E-state index contributed by atoms with van der Waals surface area (Å²) in [6.45, 7) is 4.03. The molecule has 1 aromatic carbocycles. The first-order valence-electron chi connectivity index (χ1n) is 8.30. The van der Waals surface area contributed by atoms with Gasteiger partial charge >= 0.3 is 17.9 Å². The normalized spacial score (nSPS) is 25.7. The lowest BCUT2D eigenvalue weighted by Gasteiger charge is -2.45. The average Bonchev–Trinajstić information content (AvgIpc) is 2.53. The van der Waals surface area contributed by atoms with Crippen molar-refractivity contribution in [2.75, 3.05) is 0 Å². The third-order valence-corrected chi connectivity index (χ3v) is 4.56. The first-order chi connectivity index (χ1) is 12.7. The Balaban J connectivity index is 2.20. The third kappa shape index (κ3) is 2.97. The molecule has 142 valence electrons. The maximum absolute atomic E-state index is 13.2. The van der Waals surface area contributed by atoms with Gasteiger partial charge in [0.2, 0.25) is 0 Å². The van der Waals surface area contributed by atoms with E-state index in [1.165, 1.54) is 25.1 Å². The summed E-state index contributed by atoms with van der Waals surface area (Å²) in [5.74, 6) is -4.44. The van der Waals surface area contributed by atoms with Crippen molar-refractivity contribution in [3.8, 4) is 11.5 Å². The van der Waals surface area contributed by atoms with Gasteiger partial charge in [0.05, 0.1) is 5.92 Å². The predicted molar refractivity (Wildman–Crippen MR) is 90.6 cm³/mol. The molecule has 0 bridgehead atoms. The Hall–Kier alpha value is -3.16. The molecule has 1 heterocycles. The highest BCUT2D eigenvalue weighted by molar-refractivity contribution is 6.08. The van der Waals surface area contributed by atoms with Gasteiger partial charge in [-0.15, -0.1) is 0 Å². The van der Waals surface area contributed by atoms with Crippen LogP contribution in [0.5, 0.6) is 11.5 Å². The molecule has 1 unspecified atom stereocenters. The fourth-order valence-electron chi connectivity index (χ4n) is 3.54. The number of hydrogen-bond donors (Lipinski definition) is 1. The number of allylic oxidation sites excluding steroid dienone is 1. The highest BCUT2D eigenvalue weighted by Gasteiger charge is 2.62. The minimum absolute atomic E-state index is 0.00884. The number of esters is 2. The summed E-state index contributed by atoms with van der Waals surface area (Å²) in [5.41, 5.74) is -1.48. The summed E-state index contributed by atoms with van der Waals surface area (Å²) in [4.78, 5) is 48.3. The number of benzene rings is 1. The zero-order valence-corrected chi connectivity index (χ0v) is 15.0. The Morgan fingerprint density at radius 2 is 1.93 bits per heavy atom. The molecule has 2 aliphatic rings. The van der Waals surface area contributed by atoms with Crippen molar-refractivity contribution in [3.05, 3.63) is 35.4 Å². The standard InChI is InChI=1S/C19H18O8/c1-9-7-13(25-10(2)20)16-14(8-9)27-19(18(23)24)12(17(16)22)5-4-6-15(19)26-11(3)21/h4,6-8,12,15H,5H2,1-3H3,(H,23,24)/t12?,15-,19+/m1/s1. The van der Waals surface area contributed by atoms with E-state index in [4.69, 9.17) is 14.2 Å². The molecule has 0 saturated heterocycles. The fraction of sp³-hybridized carbons (Fsp3) is 0.368. The molecule has 0 fully saturated rings. The molecule has 8 nitrogen and oxygen atoms in total. The van der Waals surface area contributed by atoms with Gasteiger partial charge in [-0.05, 0) is 37.1 Å².